The van der Waals surface area contributed by atoms with Gasteiger partial charge in [-0.1, -0.05) is 6.07 Å². The Morgan fingerprint density at radius 2 is 1.81 bits per heavy atom. The Morgan fingerprint density at radius 1 is 1.03 bits per heavy atom. The zero-order valence-electron chi connectivity index (χ0n) is 17.1. The van der Waals surface area contributed by atoms with Crippen molar-refractivity contribution in [2.75, 3.05) is 0 Å². The van der Waals surface area contributed by atoms with Crippen molar-refractivity contribution in [3.8, 4) is 22.6 Å². The van der Waals surface area contributed by atoms with Crippen molar-refractivity contribution in [1.82, 2.24) is 19.8 Å². The molecule has 2 aliphatic rings. The number of piperidine rings is 1. The van der Waals surface area contributed by atoms with Crippen molar-refractivity contribution in [1.29, 1.82) is 0 Å². The Labute approximate surface area is 181 Å². The second kappa shape index (κ2) is 7.37. The van der Waals surface area contributed by atoms with Gasteiger partial charge in [0.25, 0.3) is 5.91 Å². The smallest absolute Gasteiger partial charge is 0.255 e. The molecular formula is C23H18F2N4O3. The van der Waals surface area contributed by atoms with Crippen molar-refractivity contribution in [2.24, 2.45) is 7.05 Å². The van der Waals surface area contributed by atoms with Crippen LogP contribution in [0.4, 0.5) is 8.78 Å². The van der Waals surface area contributed by atoms with Gasteiger partial charge in [-0.05, 0) is 42.3 Å². The molecule has 5 rings (SSSR count). The Bertz CT molecular complexity index is 1300. The first-order chi connectivity index (χ1) is 15.3. The third-order valence-corrected chi connectivity index (χ3v) is 5.87. The molecule has 32 heavy (non-hydrogen) atoms. The minimum absolute atomic E-state index is 0.197. The van der Waals surface area contributed by atoms with Crippen molar-refractivity contribution in [3.05, 3.63) is 65.4 Å². The summed E-state index contributed by atoms with van der Waals surface area (Å²) >= 11 is 0. The number of carbonyl (C=O) groups excluding carboxylic acids is 3. The summed E-state index contributed by atoms with van der Waals surface area (Å²) < 4.78 is 28.7. The van der Waals surface area contributed by atoms with E-state index in [0.29, 0.717) is 29.1 Å². The Morgan fingerprint density at radius 3 is 2.56 bits per heavy atom. The maximum Gasteiger partial charge on any atom is 0.255 e. The summed E-state index contributed by atoms with van der Waals surface area (Å²) in [6.07, 6.45) is 2.27. The zero-order chi connectivity index (χ0) is 22.6. The molecule has 1 unspecified atom stereocenters. The average Bonchev–Trinajstić information content (AvgIpc) is 3.30. The summed E-state index contributed by atoms with van der Waals surface area (Å²) in [5.41, 5.74) is 3.08. The lowest BCUT2D eigenvalue weighted by Gasteiger charge is -2.29. The van der Waals surface area contributed by atoms with Crippen LogP contribution < -0.4 is 5.32 Å². The second-order valence-corrected chi connectivity index (χ2v) is 7.96. The molecule has 162 valence electrons. The molecule has 1 saturated heterocycles. The van der Waals surface area contributed by atoms with Crippen LogP contribution in [-0.4, -0.2) is 38.2 Å². The number of fused-ring (bicyclic) bond motifs is 1. The van der Waals surface area contributed by atoms with Crippen molar-refractivity contribution >= 4 is 17.7 Å². The minimum Gasteiger partial charge on any atom is -0.333 e. The number of nitrogens with zero attached hydrogens (tertiary/aromatic N) is 3. The van der Waals surface area contributed by atoms with E-state index in [0.717, 1.165) is 23.3 Å². The van der Waals surface area contributed by atoms with E-state index >= 15 is 0 Å². The van der Waals surface area contributed by atoms with Crippen LogP contribution in [0.15, 0.2) is 42.6 Å². The molecule has 0 aliphatic carbocycles. The van der Waals surface area contributed by atoms with Gasteiger partial charge in [0.05, 0.1) is 5.69 Å². The number of amides is 3. The largest absolute Gasteiger partial charge is 0.333 e. The summed E-state index contributed by atoms with van der Waals surface area (Å²) in [5, 5.41) is 2.29. The first kappa shape index (κ1) is 20.0. The van der Waals surface area contributed by atoms with E-state index in [-0.39, 0.29) is 24.8 Å². The minimum atomic E-state index is -0.948. The highest BCUT2D eigenvalue weighted by Crippen LogP contribution is 2.32. The number of carbonyl (C=O) groups is 3. The number of aromatic nitrogens is 2. The van der Waals surface area contributed by atoms with Crippen LogP contribution in [0.2, 0.25) is 0 Å². The van der Waals surface area contributed by atoms with Gasteiger partial charge in [0.1, 0.15) is 11.9 Å². The lowest BCUT2D eigenvalue weighted by Crippen LogP contribution is -2.52. The highest BCUT2D eigenvalue weighted by Gasteiger charge is 2.39. The summed E-state index contributed by atoms with van der Waals surface area (Å²) in [4.78, 5) is 42.5. The molecule has 2 aromatic carbocycles. The van der Waals surface area contributed by atoms with Gasteiger partial charge in [0.15, 0.2) is 11.6 Å². The Kier molecular flexibility index (Phi) is 4.61. The normalized spacial score (nSPS) is 18.2. The van der Waals surface area contributed by atoms with E-state index in [1.54, 1.807) is 29.9 Å². The number of imidazole rings is 1. The second-order valence-electron chi connectivity index (χ2n) is 7.96. The molecule has 0 spiro atoms. The van der Waals surface area contributed by atoms with Crippen LogP contribution in [0.1, 0.15) is 28.8 Å². The monoisotopic (exact) mass is 436 g/mol. The summed E-state index contributed by atoms with van der Waals surface area (Å²) in [5.74, 6) is -2.43. The predicted molar refractivity (Wildman–Crippen MR) is 110 cm³/mol. The van der Waals surface area contributed by atoms with E-state index in [1.165, 1.54) is 11.0 Å². The highest BCUT2D eigenvalue weighted by atomic mass is 19.2. The van der Waals surface area contributed by atoms with Crippen molar-refractivity contribution in [2.45, 2.75) is 25.4 Å². The van der Waals surface area contributed by atoms with Gasteiger partial charge >= 0.3 is 0 Å². The zero-order valence-corrected chi connectivity index (χ0v) is 17.1. The molecule has 7 nitrogen and oxygen atoms in total. The molecule has 2 aliphatic heterocycles. The van der Waals surface area contributed by atoms with Crippen LogP contribution in [-0.2, 0) is 23.2 Å². The van der Waals surface area contributed by atoms with Crippen LogP contribution >= 0.6 is 0 Å². The first-order valence-electron chi connectivity index (χ1n) is 10.1. The summed E-state index contributed by atoms with van der Waals surface area (Å²) in [7, 11) is 1.76. The third kappa shape index (κ3) is 3.26. The molecule has 1 fully saturated rings. The topological polar surface area (TPSA) is 84.3 Å². The fourth-order valence-electron chi connectivity index (χ4n) is 4.24. The number of hydrogen-bond donors (Lipinski definition) is 1. The molecule has 0 radical (unpaired) electrons. The molecule has 3 amide bonds. The predicted octanol–water partition coefficient (Wildman–Crippen LogP) is 2.79. The maximum absolute atomic E-state index is 13.7. The van der Waals surface area contributed by atoms with E-state index in [1.807, 2.05) is 6.07 Å². The number of benzene rings is 2. The number of halogens is 2. The molecule has 1 N–H and O–H groups in total. The third-order valence-electron chi connectivity index (χ3n) is 5.87. The van der Waals surface area contributed by atoms with Crippen LogP contribution in [0.25, 0.3) is 22.6 Å². The molecule has 1 atom stereocenters. The van der Waals surface area contributed by atoms with Crippen LogP contribution in [0, 0.1) is 11.6 Å². The van der Waals surface area contributed by atoms with Crippen molar-refractivity contribution in [3.63, 3.8) is 0 Å². The molecule has 3 heterocycles. The SMILES string of the molecule is Cn1cc(-c2ccc3c(c2)CN(C2CCC(=O)NC2=O)C3=O)nc1-c1ccc(F)c(F)c1. The van der Waals surface area contributed by atoms with Gasteiger partial charge in [0, 0.05) is 42.9 Å². The Balaban J connectivity index is 1.44. The van der Waals surface area contributed by atoms with Gasteiger partial charge in [-0.3, -0.25) is 19.7 Å². The quantitative estimate of drug-likeness (QED) is 0.640. The summed E-state index contributed by atoms with van der Waals surface area (Å²) in [6, 6.07) is 8.25. The number of hydrogen-bond acceptors (Lipinski definition) is 4. The molecule has 9 heteroatoms. The lowest BCUT2D eigenvalue weighted by atomic mass is 10.0. The molecule has 1 aromatic heterocycles. The van der Waals surface area contributed by atoms with E-state index < -0.39 is 23.6 Å². The van der Waals surface area contributed by atoms with Crippen LogP contribution in [0.3, 0.4) is 0 Å². The lowest BCUT2D eigenvalue weighted by molar-refractivity contribution is -0.136. The number of imide groups is 1. The van der Waals surface area contributed by atoms with Crippen LogP contribution in [0.5, 0.6) is 0 Å². The molecule has 3 aromatic rings. The maximum atomic E-state index is 13.7. The highest BCUT2D eigenvalue weighted by molar-refractivity contribution is 6.05. The van der Waals surface area contributed by atoms with Gasteiger partial charge in [-0.2, -0.15) is 0 Å². The fourth-order valence-corrected chi connectivity index (χ4v) is 4.24. The van der Waals surface area contributed by atoms with Gasteiger partial charge < -0.3 is 9.47 Å². The molecule has 0 bridgehead atoms. The first-order valence-corrected chi connectivity index (χ1v) is 10.1. The van der Waals surface area contributed by atoms with E-state index in [2.05, 4.69) is 10.3 Å². The fraction of sp³-hybridized carbons (Fsp3) is 0.217. The number of rotatable bonds is 3. The number of nitrogens with one attached hydrogen (secondary N) is 1. The standard InChI is InChI=1S/C23H18F2N4O3/c1-28-11-18(26-21(28)13-3-5-16(24)17(25)9-13)12-2-4-15-14(8-12)10-29(23(15)32)19-6-7-20(30)27-22(19)31/h2-5,8-9,11,19H,6-7,10H2,1H3,(H,27,30,31). The van der Waals surface area contributed by atoms with Crippen molar-refractivity contribution < 1.29 is 23.2 Å². The van der Waals surface area contributed by atoms with Gasteiger partial charge in [-0.25, -0.2) is 13.8 Å². The van der Waals surface area contributed by atoms with Gasteiger partial charge in [0.2, 0.25) is 11.8 Å². The van der Waals surface area contributed by atoms with E-state index in [9.17, 15) is 23.2 Å². The Hall–Kier alpha value is -3.88. The average molecular weight is 436 g/mol. The summed E-state index contributed by atoms with van der Waals surface area (Å²) in [6.45, 7) is 0.261. The van der Waals surface area contributed by atoms with Gasteiger partial charge in [-0.15, -0.1) is 0 Å². The molecular weight excluding hydrogens is 418 g/mol. The molecule has 0 saturated carbocycles. The number of aryl methyl sites for hydroxylation is 1. The van der Waals surface area contributed by atoms with E-state index in [4.69, 9.17) is 0 Å².